The second-order valence-corrected chi connectivity index (χ2v) is 4.10. The van der Waals surface area contributed by atoms with Crippen molar-refractivity contribution in [1.29, 1.82) is 0 Å². The van der Waals surface area contributed by atoms with Gasteiger partial charge in [0, 0.05) is 6.54 Å². The largest absolute Gasteiger partial charge is 0.444 e. The maximum absolute atomic E-state index is 11.7. The topological polar surface area (TPSA) is 73.0 Å². The zero-order valence-corrected chi connectivity index (χ0v) is 10.8. The first-order valence-electron chi connectivity index (χ1n) is 5.11. The molecule has 0 saturated carbocycles. The number of hydrogen-bond acceptors (Lipinski definition) is 4. The van der Waals surface area contributed by atoms with Gasteiger partial charge in [0.05, 0.1) is 6.54 Å². The van der Waals surface area contributed by atoms with Crippen LogP contribution in [0, 0.1) is 0 Å². The summed E-state index contributed by atoms with van der Waals surface area (Å²) in [7, 11) is 0. The van der Waals surface area contributed by atoms with Gasteiger partial charge in [-0.15, -0.1) is 10.2 Å². The van der Waals surface area contributed by atoms with E-state index in [1.807, 2.05) is 11.5 Å². The van der Waals surface area contributed by atoms with Gasteiger partial charge in [0.1, 0.15) is 6.33 Å². The summed E-state index contributed by atoms with van der Waals surface area (Å²) >= 11 is 3.14. The number of carbonyl (C=O) groups excluding carboxylic acids is 1. The molecule has 1 N–H and O–H groups in total. The van der Waals surface area contributed by atoms with Gasteiger partial charge >= 0.3 is 0 Å². The van der Waals surface area contributed by atoms with E-state index in [4.69, 9.17) is 4.42 Å². The van der Waals surface area contributed by atoms with Crippen LogP contribution in [0.3, 0.4) is 0 Å². The third-order valence-corrected chi connectivity index (χ3v) is 2.67. The molecule has 0 aliphatic rings. The molecule has 2 aromatic heterocycles. The number of halogens is 1. The highest BCUT2D eigenvalue weighted by Crippen LogP contribution is 2.13. The van der Waals surface area contributed by atoms with E-state index in [2.05, 4.69) is 31.4 Å². The van der Waals surface area contributed by atoms with Gasteiger partial charge in [0.15, 0.2) is 16.3 Å². The molecule has 0 aromatic carbocycles. The van der Waals surface area contributed by atoms with Crippen molar-refractivity contribution in [2.75, 3.05) is 0 Å². The average Bonchev–Trinajstić information content (AvgIpc) is 2.94. The first-order chi connectivity index (χ1) is 8.20. The monoisotopic (exact) mass is 298 g/mol. The Morgan fingerprint density at radius 2 is 2.41 bits per heavy atom. The van der Waals surface area contributed by atoms with Crippen molar-refractivity contribution in [1.82, 2.24) is 20.1 Å². The lowest BCUT2D eigenvalue weighted by Gasteiger charge is -2.04. The predicted molar refractivity (Wildman–Crippen MR) is 63.3 cm³/mol. The van der Waals surface area contributed by atoms with E-state index in [0.717, 1.165) is 6.54 Å². The number of carbonyl (C=O) groups is 1. The van der Waals surface area contributed by atoms with E-state index >= 15 is 0 Å². The lowest BCUT2D eigenvalue weighted by atomic mass is 10.4. The van der Waals surface area contributed by atoms with E-state index in [1.54, 1.807) is 18.5 Å². The van der Waals surface area contributed by atoms with Crippen molar-refractivity contribution in [3.63, 3.8) is 0 Å². The van der Waals surface area contributed by atoms with Crippen LogP contribution < -0.4 is 5.32 Å². The van der Waals surface area contributed by atoms with Gasteiger partial charge < -0.3 is 14.3 Å². The Morgan fingerprint density at radius 1 is 1.59 bits per heavy atom. The fourth-order valence-corrected chi connectivity index (χ4v) is 1.67. The van der Waals surface area contributed by atoms with E-state index < -0.39 is 0 Å². The lowest BCUT2D eigenvalue weighted by Crippen LogP contribution is -2.24. The third-order valence-electron chi connectivity index (χ3n) is 2.24. The van der Waals surface area contributed by atoms with Gasteiger partial charge in [-0.2, -0.15) is 0 Å². The highest BCUT2D eigenvalue weighted by atomic mass is 79.9. The molecule has 0 radical (unpaired) electrons. The SMILES string of the molecule is CCn1cnnc1CNC(=O)c1ccc(Br)o1. The van der Waals surface area contributed by atoms with Crippen molar-refractivity contribution in [2.45, 2.75) is 20.0 Å². The fraction of sp³-hybridized carbons (Fsp3) is 0.300. The van der Waals surface area contributed by atoms with Crippen LogP contribution in [0.1, 0.15) is 23.3 Å². The molecule has 2 aromatic rings. The predicted octanol–water partition coefficient (Wildman–Crippen LogP) is 1.58. The minimum atomic E-state index is -0.277. The maximum atomic E-state index is 11.7. The van der Waals surface area contributed by atoms with Gasteiger partial charge in [0.25, 0.3) is 5.91 Å². The van der Waals surface area contributed by atoms with Crippen molar-refractivity contribution in [3.8, 4) is 0 Å². The van der Waals surface area contributed by atoms with E-state index in [9.17, 15) is 4.79 Å². The van der Waals surface area contributed by atoms with Crippen molar-refractivity contribution < 1.29 is 9.21 Å². The van der Waals surface area contributed by atoms with Gasteiger partial charge in [-0.25, -0.2) is 0 Å². The van der Waals surface area contributed by atoms with Crippen LogP contribution in [0.25, 0.3) is 0 Å². The molecular weight excluding hydrogens is 288 g/mol. The molecule has 0 aliphatic carbocycles. The minimum Gasteiger partial charge on any atom is -0.444 e. The molecule has 0 aliphatic heterocycles. The Hall–Kier alpha value is -1.63. The molecule has 0 unspecified atom stereocenters. The number of rotatable bonds is 4. The third kappa shape index (κ3) is 2.73. The Labute approximate surface area is 106 Å². The molecule has 0 bridgehead atoms. The molecule has 6 nitrogen and oxygen atoms in total. The van der Waals surface area contributed by atoms with Gasteiger partial charge in [-0.1, -0.05) is 0 Å². The second kappa shape index (κ2) is 5.13. The maximum Gasteiger partial charge on any atom is 0.287 e. The summed E-state index contributed by atoms with van der Waals surface area (Å²) in [6.45, 7) is 3.08. The van der Waals surface area contributed by atoms with Gasteiger partial charge in [-0.05, 0) is 35.0 Å². The number of nitrogens with one attached hydrogen (secondary N) is 1. The zero-order chi connectivity index (χ0) is 12.3. The van der Waals surface area contributed by atoms with Crippen LogP contribution in [0.4, 0.5) is 0 Å². The number of furan rings is 1. The minimum absolute atomic E-state index is 0.263. The summed E-state index contributed by atoms with van der Waals surface area (Å²) < 4.78 is 7.52. The molecular formula is C10H11BrN4O2. The van der Waals surface area contributed by atoms with Crippen LogP contribution in [-0.4, -0.2) is 20.7 Å². The smallest absolute Gasteiger partial charge is 0.287 e. The normalized spacial score (nSPS) is 10.5. The number of hydrogen-bond donors (Lipinski definition) is 1. The van der Waals surface area contributed by atoms with Gasteiger partial charge in [0.2, 0.25) is 0 Å². The number of nitrogens with zero attached hydrogens (tertiary/aromatic N) is 3. The van der Waals surface area contributed by atoms with Crippen LogP contribution in [0.5, 0.6) is 0 Å². The molecule has 90 valence electrons. The Balaban J connectivity index is 1.97. The molecule has 0 fully saturated rings. The summed E-state index contributed by atoms with van der Waals surface area (Å²) in [4.78, 5) is 11.7. The van der Waals surface area contributed by atoms with Crippen molar-refractivity contribution in [3.05, 3.63) is 34.7 Å². The lowest BCUT2D eigenvalue weighted by molar-refractivity contribution is 0.0920. The molecule has 7 heteroatoms. The summed E-state index contributed by atoms with van der Waals surface area (Å²) in [5.74, 6) is 0.701. The summed E-state index contributed by atoms with van der Waals surface area (Å²) in [6.07, 6.45) is 1.63. The number of amides is 1. The van der Waals surface area contributed by atoms with Gasteiger partial charge in [-0.3, -0.25) is 4.79 Å². The first kappa shape index (κ1) is 11.8. The summed E-state index contributed by atoms with van der Waals surface area (Å²) in [5.41, 5.74) is 0. The second-order valence-electron chi connectivity index (χ2n) is 3.32. The molecule has 2 heterocycles. The molecule has 0 spiro atoms. The standard InChI is InChI=1S/C10H11BrN4O2/c1-2-15-6-13-14-9(15)5-12-10(16)7-3-4-8(11)17-7/h3-4,6H,2,5H2,1H3,(H,12,16). The van der Waals surface area contributed by atoms with Crippen LogP contribution in [-0.2, 0) is 13.1 Å². The Kier molecular flexibility index (Phi) is 3.58. The Bertz CT molecular complexity index is 520. The van der Waals surface area contributed by atoms with Crippen LogP contribution >= 0.6 is 15.9 Å². The van der Waals surface area contributed by atoms with Crippen LogP contribution in [0.15, 0.2) is 27.5 Å². The highest BCUT2D eigenvalue weighted by molar-refractivity contribution is 9.10. The zero-order valence-electron chi connectivity index (χ0n) is 9.18. The molecule has 2 rings (SSSR count). The van der Waals surface area contributed by atoms with Crippen LogP contribution in [0.2, 0.25) is 0 Å². The van der Waals surface area contributed by atoms with E-state index in [-0.39, 0.29) is 11.7 Å². The first-order valence-corrected chi connectivity index (χ1v) is 5.90. The fourth-order valence-electron chi connectivity index (χ4n) is 1.36. The van der Waals surface area contributed by atoms with E-state index in [1.165, 1.54) is 0 Å². The molecule has 0 saturated heterocycles. The summed E-state index contributed by atoms with van der Waals surface area (Å²) in [5, 5.41) is 10.4. The molecule has 1 amide bonds. The molecule has 0 atom stereocenters. The number of aryl methyl sites for hydroxylation is 1. The van der Waals surface area contributed by atoms with E-state index in [0.29, 0.717) is 17.0 Å². The quantitative estimate of drug-likeness (QED) is 0.930. The summed E-state index contributed by atoms with van der Waals surface area (Å²) in [6, 6.07) is 3.27. The molecule has 17 heavy (non-hydrogen) atoms. The average molecular weight is 299 g/mol. The highest BCUT2D eigenvalue weighted by Gasteiger charge is 2.11. The van der Waals surface area contributed by atoms with Crippen molar-refractivity contribution >= 4 is 21.8 Å². The Morgan fingerprint density at radius 3 is 3.06 bits per heavy atom. The number of aromatic nitrogens is 3. The van der Waals surface area contributed by atoms with Crippen molar-refractivity contribution in [2.24, 2.45) is 0 Å².